The van der Waals surface area contributed by atoms with E-state index in [2.05, 4.69) is 25.3 Å². The number of hydrogen-bond acceptors (Lipinski definition) is 7. The minimum Gasteiger partial charge on any atom is -0.492 e. The van der Waals surface area contributed by atoms with E-state index in [1.807, 2.05) is 75.7 Å². The van der Waals surface area contributed by atoms with Gasteiger partial charge >= 0.3 is 0 Å². The standard InChI is InChI=1S/C32H35N7O4S/c1-20-13-14-22(31(40)34-24-16-23(32(2,3)4)17-25(29(24)43-6)36-44(7,41)42)15-27(20)39-19-26(35-37-39)28-18-33-30(38(28)5)21-11-9-8-10-12-21/h8-19,36H,1-7H3,(H,34,40). The van der Waals surface area contributed by atoms with E-state index in [1.165, 1.54) is 7.11 Å². The Kier molecular flexibility index (Phi) is 8.04. The summed E-state index contributed by atoms with van der Waals surface area (Å²) in [7, 11) is -0.255. The Morgan fingerprint density at radius 2 is 1.70 bits per heavy atom. The maximum Gasteiger partial charge on any atom is 0.255 e. The summed E-state index contributed by atoms with van der Waals surface area (Å²) >= 11 is 0. The van der Waals surface area contributed by atoms with E-state index < -0.39 is 15.9 Å². The highest BCUT2D eigenvalue weighted by atomic mass is 32.2. The van der Waals surface area contributed by atoms with Gasteiger partial charge in [-0.15, -0.1) is 5.10 Å². The maximum atomic E-state index is 13.6. The number of amides is 1. The molecular weight excluding hydrogens is 578 g/mol. The molecule has 0 saturated carbocycles. The SMILES string of the molecule is COc1c(NC(=O)c2ccc(C)c(-n3cc(-c4cnc(-c5ccccc5)n4C)nn3)c2)cc(C(C)(C)C)cc1NS(C)(=O)=O. The van der Waals surface area contributed by atoms with Gasteiger partial charge < -0.3 is 14.6 Å². The second-order valence-electron chi connectivity index (χ2n) is 11.6. The average Bonchev–Trinajstić information content (AvgIpc) is 3.59. The van der Waals surface area contributed by atoms with Gasteiger partial charge in [-0.2, -0.15) is 0 Å². The zero-order chi connectivity index (χ0) is 31.8. The number of nitrogens with one attached hydrogen (secondary N) is 2. The van der Waals surface area contributed by atoms with E-state index in [-0.39, 0.29) is 16.9 Å². The highest BCUT2D eigenvalue weighted by molar-refractivity contribution is 7.92. The fourth-order valence-electron chi connectivity index (χ4n) is 4.84. The Morgan fingerprint density at radius 3 is 2.36 bits per heavy atom. The van der Waals surface area contributed by atoms with E-state index in [1.54, 1.807) is 41.3 Å². The van der Waals surface area contributed by atoms with Crippen molar-refractivity contribution in [3.8, 4) is 34.2 Å². The fourth-order valence-corrected chi connectivity index (χ4v) is 5.40. The number of hydrogen-bond donors (Lipinski definition) is 2. The molecule has 2 heterocycles. The summed E-state index contributed by atoms with van der Waals surface area (Å²) in [5.74, 6) is 0.613. The monoisotopic (exact) mass is 613 g/mol. The maximum absolute atomic E-state index is 13.6. The van der Waals surface area contributed by atoms with Gasteiger partial charge in [0, 0.05) is 18.2 Å². The second-order valence-corrected chi connectivity index (χ2v) is 13.4. The molecule has 0 bridgehead atoms. The first kappa shape index (κ1) is 30.5. The lowest BCUT2D eigenvalue weighted by Crippen LogP contribution is -2.18. The molecule has 0 spiro atoms. The number of imidazole rings is 1. The summed E-state index contributed by atoms with van der Waals surface area (Å²) in [5.41, 5.74) is 5.41. The average molecular weight is 614 g/mol. The molecule has 0 fully saturated rings. The largest absolute Gasteiger partial charge is 0.492 e. The number of aromatic nitrogens is 5. The summed E-state index contributed by atoms with van der Waals surface area (Å²) in [6, 6.07) is 18.7. The van der Waals surface area contributed by atoms with Gasteiger partial charge in [0.15, 0.2) is 5.75 Å². The molecule has 0 saturated heterocycles. The topological polar surface area (TPSA) is 133 Å². The van der Waals surface area contributed by atoms with Crippen LogP contribution in [0.25, 0.3) is 28.5 Å². The zero-order valence-corrected chi connectivity index (χ0v) is 26.5. The van der Waals surface area contributed by atoms with Gasteiger partial charge in [-0.1, -0.05) is 62.4 Å². The van der Waals surface area contributed by atoms with E-state index >= 15 is 0 Å². The molecule has 2 N–H and O–H groups in total. The number of sulfonamides is 1. The molecule has 2 aromatic heterocycles. The third-order valence-corrected chi connectivity index (χ3v) is 7.79. The molecule has 12 heteroatoms. The minimum atomic E-state index is -3.61. The van der Waals surface area contributed by atoms with Gasteiger partial charge in [0.25, 0.3) is 5.91 Å². The molecule has 3 aromatic carbocycles. The smallest absolute Gasteiger partial charge is 0.255 e. The zero-order valence-electron chi connectivity index (χ0n) is 25.7. The van der Waals surface area contributed by atoms with Crippen LogP contribution < -0.4 is 14.8 Å². The van der Waals surface area contributed by atoms with Crippen LogP contribution in [0.15, 0.2) is 73.1 Å². The Hall–Kier alpha value is -4.97. The van der Waals surface area contributed by atoms with Crippen LogP contribution in [0.1, 0.15) is 42.3 Å². The predicted molar refractivity (Wildman–Crippen MR) is 172 cm³/mol. The van der Waals surface area contributed by atoms with Crippen LogP contribution in [0.5, 0.6) is 5.75 Å². The molecule has 5 rings (SSSR count). The molecule has 228 valence electrons. The molecule has 0 aliphatic rings. The van der Waals surface area contributed by atoms with E-state index in [0.29, 0.717) is 22.6 Å². The summed E-state index contributed by atoms with van der Waals surface area (Å²) < 4.78 is 35.8. The number of aryl methyl sites for hydroxylation is 1. The minimum absolute atomic E-state index is 0.205. The summed E-state index contributed by atoms with van der Waals surface area (Å²) in [6.07, 6.45) is 4.63. The van der Waals surface area contributed by atoms with Crippen LogP contribution in [0.4, 0.5) is 11.4 Å². The number of carbonyl (C=O) groups is 1. The van der Waals surface area contributed by atoms with Gasteiger partial charge in [0.05, 0.1) is 48.5 Å². The van der Waals surface area contributed by atoms with Crippen molar-refractivity contribution in [1.29, 1.82) is 0 Å². The van der Waals surface area contributed by atoms with E-state index in [9.17, 15) is 13.2 Å². The number of rotatable bonds is 8. The molecule has 11 nitrogen and oxygen atoms in total. The summed E-state index contributed by atoms with van der Waals surface area (Å²) in [4.78, 5) is 18.2. The van der Waals surface area contributed by atoms with Crippen LogP contribution in [-0.2, 0) is 22.5 Å². The molecule has 0 unspecified atom stereocenters. The van der Waals surface area contributed by atoms with Crippen molar-refractivity contribution in [2.45, 2.75) is 33.1 Å². The molecule has 0 atom stereocenters. The molecular formula is C32H35N7O4S. The van der Waals surface area contributed by atoms with Crippen molar-refractivity contribution >= 4 is 27.3 Å². The Morgan fingerprint density at radius 1 is 1.00 bits per heavy atom. The van der Waals surface area contributed by atoms with Gasteiger partial charge in [-0.05, 0) is 47.7 Å². The van der Waals surface area contributed by atoms with Crippen LogP contribution in [0.2, 0.25) is 0 Å². The Balaban J connectivity index is 1.47. The Bertz CT molecular complexity index is 1960. The lowest BCUT2D eigenvalue weighted by Gasteiger charge is -2.24. The highest BCUT2D eigenvalue weighted by Crippen LogP contribution is 2.39. The molecule has 0 aliphatic heterocycles. The highest BCUT2D eigenvalue weighted by Gasteiger charge is 2.23. The molecule has 5 aromatic rings. The van der Waals surface area contributed by atoms with E-state index in [0.717, 1.165) is 34.5 Å². The lowest BCUT2D eigenvalue weighted by atomic mass is 9.86. The van der Waals surface area contributed by atoms with Gasteiger partial charge in [0.1, 0.15) is 11.5 Å². The van der Waals surface area contributed by atoms with Crippen molar-refractivity contribution in [3.05, 3.63) is 89.7 Å². The third kappa shape index (κ3) is 6.35. The van der Waals surface area contributed by atoms with Gasteiger partial charge in [-0.3, -0.25) is 9.52 Å². The number of carbonyl (C=O) groups excluding carboxylic acids is 1. The van der Waals surface area contributed by atoms with Gasteiger partial charge in [-0.25, -0.2) is 18.1 Å². The quantitative estimate of drug-likeness (QED) is 0.234. The van der Waals surface area contributed by atoms with Crippen molar-refractivity contribution in [2.24, 2.45) is 7.05 Å². The van der Waals surface area contributed by atoms with E-state index in [4.69, 9.17) is 4.74 Å². The van der Waals surface area contributed by atoms with Crippen molar-refractivity contribution in [3.63, 3.8) is 0 Å². The first-order chi connectivity index (χ1) is 20.7. The van der Waals surface area contributed by atoms with Crippen molar-refractivity contribution < 1.29 is 17.9 Å². The summed E-state index contributed by atoms with van der Waals surface area (Å²) in [6.45, 7) is 7.92. The van der Waals surface area contributed by atoms with Crippen LogP contribution in [0.3, 0.4) is 0 Å². The Labute approximate surface area is 257 Å². The summed E-state index contributed by atoms with van der Waals surface area (Å²) in [5, 5.41) is 11.7. The molecule has 1 amide bonds. The van der Waals surface area contributed by atoms with Gasteiger partial charge in [0.2, 0.25) is 10.0 Å². The number of ether oxygens (including phenoxy) is 1. The molecule has 44 heavy (non-hydrogen) atoms. The number of methoxy groups -OCH3 is 1. The molecule has 0 radical (unpaired) electrons. The van der Waals surface area contributed by atoms with Crippen molar-refractivity contribution in [2.75, 3.05) is 23.4 Å². The number of benzene rings is 3. The van der Waals surface area contributed by atoms with Crippen molar-refractivity contribution in [1.82, 2.24) is 24.5 Å². The second kappa shape index (κ2) is 11.6. The first-order valence-corrected chi connectivity index (χ1v) is 15.8. The normalized spacial score (nSPS) is 11.8. The van der Waals surface area contributed by atoms with Crippen LogP contribution >= 0.6 is 0 Å². The van der Waals surface area contributed by atoms with Crippen LogP contribution in [-0.4, -0.2) is 52.2 Å². The predicted octanol–water partition coefficient (Wildman–Crippen LogP) is 5.57. The number of nitrogens with zero attached hydrogens (tertiary/aromatic N) is 5. The first-order valence-electron chi connectivity index (χ1n) is 13.9. The number of anilines is 2. The lowest BCUT2D eigenvalue weighted by molar-refractivity contribution is 0.102. The third-order valence-electron chi connectivity index (χ3n) is 7.20. The molecule has 0 aliphatic carbocycles. The fraction of sp³-hybridized carbons (Fsp3) is 0.250. The van der Waals surface area contributed by atoms with Crippen LogP contribution in [0, 0.1) is 6.92 Å².